The molecule has 0 radical (unpaired) electrons. The van der Waals surface area contributed by atoms with Gasteiger partial charge in [0.25, 0.3) is 0 Å². The molecule has 3 fully saturated rings. The molecule has 168 valence electrons. The maximum atomic E-state index is 12.5. The Hall–Kier alpha value is -0.840. The average molecular weight is 480 g/mol. The zero-order chi connectivity index (χ0) is 21.7. The van der Waals surface area contributed by atoms with Gasteiger partial charge in [-0.25, -0.2) is 0 Å². The second kappa shape index (κ2) is 7.94. The summed E-state index contributed by atoms with van der Waals surface area (Å²) in [6, 6.07) is 0. The number of hydrogen-bond donors (Lipinski definition) is 2. The highest BCUT2D eigenvalue weighted by Gasteiger charge is 2.64. The van der Waals surface area contributed by atoms with Gasteiger partial charge in [0.05, 0.1) is 0 Å². The van der Waals surface area contributed by atoms with E-state index >= 15 is 0 Å². The predicted molar refractivity (Wildman–Crippen MR) is 125 cm³/mol. The summed E-state index contributed by atoms with van der Waals surface area (Å²) in [5, 5.41) is 8.70. The van der Waals surface area contributed by atoms with Crippen molar-refractivity contribution in [2.45, 2.75) is 90.6 Å². The zero-order valence-corrected chi connectivity index (χ0v) is 20.5. The lowest BCUT2D eigenvalue weighted by atomic mass is 9.44. The molecule has 5 heteroatoms. The van der Waals surface area contributed by atoms with Gasteiger partial charge in [-0.1, -0.05) is 29.8 Å². The molecule has 4 aliphatic rings. The summed E-state index contributed by atoms with van der Waals surface area (Å²) < 4.78 is 6.22. The van der Waals surface area contributed by atoms with Gasteiger partial charge in [0.15, 0.2) is 0 Å². The molecule has 7 atom stereocenters. The number of ether oxygens (including phenoxy) is 1. The lowest BCUT2D eigenvalue weighted by Crippen LogP contribution is -2.56. The van der Waals surface area contributed by atoms with Crippen LogP contribution in [0.1, 0.15) is 85.0 Å². The van der Waals surface area contributed by atoms with Gasteiger partial charge in [0.1, 0.15) is 5.60 Å². The minimum absolute atomic E-state index is 0.0277. The summed E-state index contributed by atoms with van der Waals surface area (Å²) in [6.07, 6.45) is 11.8. The number of esters is 1. The largest absolute Gasteiger partial charge is 0.459 e. The number of fused-ring (bicyclic) bond motifs is 5. The monoisotopic (exact) mass is 478 g/mol. The fraction of sp³-hybridized carbons (Fsp3) is 0.840. The van der Waals surface area contributed by atoms with Crippen LogP contribution >= 0.6 is 15.9 Å². The van der Waals surface area contributed by atoms with Crippen LogP contribution in [0.5, 0.6) is 0 Å². The zero-order valence-electron chi connectivity index (χ0n) is 18.9. The van der Waals surface area contributed by atoms with Gasteiger partial charge >= 0.3 is 5.97 Å². The third kappa shape index (κ3) is 3.29. The fourth-order valence-corrected chi connectivity index (χ4v) is 8.40. The Bertz CT molecular complexity index is 751. The molecule has 0 aromatic carbocycles. The Balaban J connectivity index is 1.56. The summed E-state index contributed by atoms with van der Waals surface area (Å²) >= 11 is 3.42. The third-order valence-corrected chi connectivity index (χ3v) is 10.6. The van der Waals surface area contributed by atoms with E-state index in [2.05, 4.69) is 36.7 Å². The van der Waals surface area contributed by atoms with E-state index in [-0.39, 0.29) is 22.4 Å². The van der Waals surface area contributed by atoms with Crippen molar-refractivity contribution in [1.82, 2.24) is 0 Å². The van der Waals surface area contributed by atoms with E-state index in [1.165, 1.54) is 31.9 Å². The van der Waals surface area contributed by atoms with E-state index in [1.807, 2.05) is 0 Å². The molecule has 3 N–H and O–H groups in total. The van der Waals surface area contributed by atoms with Crippen LogP contribution in [0.25, 0.3) is 0 Å². The van der Waals surface area contributed by atoms with Gasteiger partial charge in [-0.15, -0.1) is 0 Å². The van der Waals surface area contributed by atoms with Crippen LogP contribution in [0.3, 0.4) is 0 Å². The van der Waals surface area contributed by atoms with Gasteiger partial charge < -0.3 is 15.9 Å². The third-order valence-electron chi connectivity index (χ3n) is 10.1. The standard InChI is InChI=1S/C25H39BrN2O2/c1-23-14-16(15-27)21(28)13-17(23)6-7-18-19(23)8-10-24(2)20(18)9-11-25(24,3)30-22(29)5-4-12-26/h15,17-20,27H,4-14,28H2,1-3H3/t17?,18?,19?,20?,23-,24-,25-/m0/s1. The van der Waals surface area contributed by atoms with Crippen LogP contribution in [0.4, 0.5) is 0 Å². The molecular formula is C25H39BrN2O2. The topological polar surface area (TPSA) is 76.2 Å². The second-order valence-electron chi connectivity index (χ2n) is 11.2. The van der Waals surface area contributed by atoms with E-state index in [0.29, 0.717) is 30.1 Å². The molecule has 30 heavy (non-hydrogen) atoms. The van der Waals surface area contributed by atoms with Crippen molar-refractivity contribution in [1.29, 1.82) is 5.41 Å². The van der Waals surface area contributed by atoms with E-state index in [1.54, 1.807) is 0 Å². The van der Waals surface area contributed by atoms with Gasteiger partial charge in [0.2, 0.25) is 0 Å². The van der Waals surface area contributed by atoms with Crippen molar-refractivity contribution in [3.05, 3.63) is 11.3 Å². The first-order valence-electron chi connectivity index (χ1n) is 11.9. The normalized spacial score (nSPS) is 45.3. The lowest BCUT2D eigenvalue weighted by Gasteiger charge is -2.61. The van der Waals surface area contributed by atoms with Crippen molar-refractivity contribution >= 4 is 28.1 Å². The molecule has 0 amide bonds. The molecule has 0 aliphatic heterocycles. The quantitative estimate of drug-likeness (QED) is 0.289. The number of hydrogen-bond acceptors (Lipinski definition) is 4. The number of nitrogens with two attached hydrogens (primary N) is 1. The molecular weight excluding hydrogens is 440 g/mol. The van der Waals surface area contributed by atoms with Gasteiger partial charge in [-0.2, -0.15) is 0 Å². The lowest BCUT2D eigenvalue weighted by molar-refractivity contribution is -0.184. The number of halogens is 1. The molecule has 0 aromatic rings. The Morgan fingerprint density at radius 2 is 1.93 bits per heavy atom. The minimum Gasteiger partial charge on any atom is -0.459 e. The van der Waals surface area contributed by atoms with Crippen molar-refractivity contribution in [2.75, 3.05) is 5.33 Å². The number of alkyl halides is 1. The number of nitrogens with one attached hydrogen (secondary N) is 1. The number of rotatable bonds is 5. The summed E-state index contributed by atoms with van der Waals surface area (Å²) in [5.41, 5.74) is 8.35. The molecule has 0 heterocycles. The fourth-order valence-electron chi connectivity index (χ4n) is 8.12. The Morgan fingerprint density at radius 3 is 2.63 bits per heavy atom. The van der Waals surface area contributed by atoms with Crippen molar-refractivity contribution in [2.24, 2.45) is 40.2 Å². The maximum Gasteiger partial charge on any atom is 0.306 e. The average Bonchev–Trinajstić information content (AvgIpc) is 2.97. The van der Waals surface area contributed by atoms with Crippen molar-refractivity contribution < 1.29 is 9.53 Å². The Kier molecular flexibility index (Phi) is 5.91. The molecule has 0 saturated heterocycles. The van der Waals surface area contributed by atoms with Crippen LogP contribution in [0, 0.1) is 39.9 Å². The highest BCUT2D eigenvalue weighted by atomic mass is 79.9. The molecule has 0 bridgehead atoms. The molecule has 4 rings (SSSR count). The number of carbonyl (C=O) groups excluding carboxylic acids is 1. The summed E-state index contributed by atoms with van der Waals surface area (Å²) in [7, 11) is 0. The highest BCUT2D eigenvalue weighted by Crippen LogP contribution is 2.68. The Morgan fingerprint density at radius 1 is 1.20 bits per heavy atom. The summed E-state index contributed by atoms with van der Waals surface area (Å²) in [4.78, 5) is 12.5. The van der Waals surface area contributed by atoms with Crippen LogP contribution in [-0.4, -0.2) is 23.1 Å². The number of carbonyl (C=O) groups is 1. The summed E-state index contributed by atoms with van der Waals surface area (Å²) in [6.45, 7) is 7.11. The van der Waals surface area contributed by atoms with E-state index in [9.17, 15) is 4.79 Å². The van der Waals surface area contributed by atoms with Crippen LogP contribution in [0.15, 0.2) is 11.3 Å². The Labute approximate surface area is 190 Å². The summed E-state index contributed by atoms with van der Waals surface area (Å²) in [5.74, 6) is 2.67. The first kappa shape index (κ1) is 22.4. The van der Waals surface area contributed by atoms with Crippen molar-refractivity contribution in [3.63, 3.8) is 0 Å². The SMILES string of the molecule is C[C@]12CC(C=N)=C(N)CC1CCC1C2CC[C@@]2(C)C1CC[C@]2(C)OC(=O)CCCBr. The van der Waals surface area contributed by atoms with Gasteiger partial charge in [-0.05, 0) is 99.4 Å². The van der Waals surface area contributed by atoms with Gasteiger partial charge in [-0.3, -0.25) is 4.79 Å². The molecule has 4 aliphatic carbocycles. The van der Waals surface area contributed by atoms with E-state index in [0.717, 1.165) is 48.7 Å². The second-order valence-corrected chi connectivity index (χ2v) is 12.0. The molecule has 4 nitrogen and oxygen atoms in total. The highest BCUT2D eigenvalue weighted by molar-refractivity contribution is 9.09. The first-order valence-corrected chi connectivity index (χ1v) is 13.1. The number of allylic oxidation sites excluding steroid dienone is 2. The molecule has 3 saturated carbocycles. The van der Waals surface area contributed by atoms with E-state index < -0.39 is 0 Å². The van der Waals surface area contributed by atoms with E-state index in [4.69, 9.17) is 15.9 Å². The maximum absolute atomic E-state index is 12.5. The smallest absolute Gasteiger partial charge is 0.306 e. The van der Waals surface area contributed by atoms with Crippen LogP contribution in [0.2, 0.25) is 0 Å². The molecule has 0 spiro atoms. The predicted octanol–water partition coefficient (Wildman–Crippen LogP) is 5.98. The minimum atomic E-state index is -0.333. The molecule has 0 aromatic heterocycles. The van der Waals surface area contributed by atoms with Crippen LogP contribution in [-0.2, 0) is 9.53 Å². The van der Waals surface area contributed by atoms with Crippen LogP contribution < -0.4 is 5.73 Å². The molecule has 4 unspecified atom stereocenters. The first-order chi connectivity index (χ1) is 14.2. The van der Waals surface area contributed by atoms with Gasteiger partial charge in [0, 0.05) is 29.1 Å². The van der Waals surface area contributed by atoms with Crippen molar-refractivity contribution in [3.8, 4) is 0 Å².